The number of benzene rings is 2. The number of amides is 2. The van der Waals surface area contributed by atoms with Crippen LogP contribution in [0.4, 0.5) is 13.2 Å². The van der Waals surface area contributed by atoms with E-state index in [0.29, 0.717) is 18.7 Å². The van der Waals surface area contributed by atoms with Gasteiger partial charge in [0.05, 0.1) is 6.54 Å². The maximum atomic E-state index is 12.2. The van der Waals surface area contributed by atoms with Gasteiger partial charge in [0.25, 0.3) is 5.91 Å². The molecular weight excluding hydrogens is 415 g/mol. The second kappa shape index (κ2) is 11.1. The lowest BCUT2D eigenvalue weighted by molar-refractivity contribution is -0.192. The quantitative estimate of drug-likeness (QED) is 0.681. The zero-order valence-electron chi connectivity index (χ0n) is 16.5. The molecule has 1 fully saturated rings. The largest absolute Gasteiger partial charge is 0.490 e. The number of carboxylic acids is 1. The molecule has 10 heteroatoms. The highest BCUT2D eigenvalue weighted by molar-refractivity contribution is 5.96. The van der Waals surface area contributed by atoms with E-state index < -0.39 is 12.1 Å². The van der Waals surface area contributed by atoms with Crippen LogP contribution in [-0.2, 0) is 9.59 Å². The predicted octanol–water partition coefficient (Wildman–Crippen LogP) is 2.15. The molecule has 2 aromatic carbocycles. The van der Waals surface area contributed by atoms with Gasteiger partial charge in [-0.15, -0.1) is 0 Å². The first-order chi connectivity index (χ1) is 14.7. The van der Waals surface area contributed by atoms with Crippen LogP contribution >= 0.6 is 0 Å². The van der Waals surface area contributed by atoms with Gasteiger partial charge in [0.15, 0.2) is 0 Å². The van der Waals surface area contributed by atoms with Crippen molar-refractivity contribution in [1.29, 1.82) is 0 Å². The van der Waals surface area contributed by atoms with E-state index in [4.69, 9.17) is 9.90 Å². The minimum Gasteiger partial charge on any atom is -0.475 e. The van der Waals surface area contributed by atoms with Crippen LogP contribution in [0.3, 0.4) is 0 Å². The standard InChI is InChI=1S/C19H21N3O2.C2HF3O2/c23-18(22-12-10-20-11-13-22)14-21-19(24)17-8-6-16(7-9-17)15-4-2-1-3-5-15;3-2(4,5)1(6)7/h1-9,20H,10-14H2,(H,21,24);(H,6,7). The molecule has 166 valence electrons. The Balaban J connectivity index is 0.000000423. The summed E-state index contributed by atoms with van der Waals surface area (Å²) in [6.45, 7) is 3.04. The van der Waals surface area contributed by atoms with E-state index >= 15 is 0 Å². The summed E-state index contributed by atoms with van der Waals surface area (Å²) >= 11 is 0. The third kappa shape index (κ3) is 7.74. The van der Waals surface area contributed by atoms with E-state index in [9.17, 15) is 22.8 Å². The first kappa shape index (κ1) is 23.9. The van der Waals surface area contributed by atoms with E-state index in [1.54, 1.807) is 17.0 Å². The van der Waals surface area contributed by atoms with E-state index in [1.165, 1.54) is 0 Å². The van der Waals surface area contributed by atoms with Crippen LogP contribution in [-0.4, -0.2) is 66.7 Å². The monoisotopic (exact) mass is 437 g/mol. The Labute approximate surface area is 176 Å². The number of alkyl halides is 3. The maximum Gasteiger partial charge on any atom is 0.490 e. The molecule has 1 aliphatic rings. The number of halogens is 3. The highest BCUT2D eigenvalue weighted by Crippen LogP contribution is 2.19. The molecule has 0 aliphatic carbocycles. The first-order valence-corrected chi connectivity index (χ1v) is 9.41. The van der Waals surface area contributed by atoms with E-state index in [1.807, 2.05) is 42.5 Å². The Morgan fingerprint density at radius 2 is 1.45 bits per heavy atom. The molecule has 2 aromatic rings. The Kier molecular flexibility index (Phi) is 8.56. The number of carbonyl (C=O) groups is 3. The van der Waals surface area contributed by atoms with Crippen molar-refractivity contribution in [3.05, 3.63) is 60.2 Å². The summed E-state index contributed by atoms with van der Waals surface area (Å²) in [5, 5.41) is 13.0. The molecule has 1 saturated heterocycles. The van der Waals surface area contributed by atoms with Crippen molar-refractivity contribution in [3.63, 3.8) is 0 Å². The molecule has 2 amide bonds. The van der Waals surface area contributed by atoms with E-state index in [0.717, 1.165) is 24.2 Å². The van der Waals surface area contributed by atoms with E-state index in [-0.39, 0.29) is 18.4 Å². The Bertz CT molecular complexity index is 881. The Morgan fingerprint density at radius 3 is 1.97 bits per heavy atom. The molecule has 0 spiro atoms. The van der Waals surface area contributed by atoms with Crippen LogP contribution in [0.2, 0.25) is 0 Å². The van der Waals surface area contributed by atoms with Gasteiger partial charge >= 0.3 is 12.1 Å². The third-order valence-electron chi connectivity index (χ3n) is 4.37. The fraction of sp³-hybridized carbons (Fsp3) is 0.286. The minimum absolute atomic E-state index is 0.0363. The van der Waals surface area contributed by atoms with Crippen molar-refractivity contribution < 1.29 is 32.7 Å². The highest BCUT2D eigenvalue weighted by atomic mass is 19.4. The average Bonchev–Trinajstić information content (AvgIpc) is 2.78. The number of nitrogens with one attached hydrogen (secondary N) is 2. The summed E-state index contributed by atoms with van der Waals surface area (Å²) in [4.78, 5) is 34.9. The number of hydrogen-bond donors (Lipinski definition) is 3. The SMILES string of the molecule is O=C(NCC(=O)N1CCNCC1)c1ccc(-c2ccccc2)cc1.O=C(O)C(F)(F)F. The molecule has 0 atom stereocenters. The summed E-state index contributed by atoms with van der Waals surface area (Å²) in [5.74, 6) is -3.02. The molecule has 0 aromatic heterocycles. The molecule has 1 aliphatic heterocycles. The number of rotatable bonds is 4. The number of hydrogen-bond acceptors (Lipinski definition) is 4. The van der Waals surface area contributed by atoms with Crippen LogP contribution in [0, 0.1) is 0 Å². The fourth-order valence-electron chi connectivity index (χ4n) is 2.73. The summed E-state index contributed by atoms with van der Waals surface area (Å²) in [6.07, 6.45) is -5.08. The van der Waals surface area contributed by atoms with Crippen molar-refractivity contribution in [2.24, 2.45) is 0 Å². The second-order valence-electron chi connectivity index (χ2n) is 6.56. The topological polar surface area (TPSA) is 98.7 Å². The molecule has 0 saturated carbocycles. The number of aliphatic carboxylic acids is 1. The van der Waals surface area contributed by atoms with Gasteiger partial charge in [-0.3, -0.25) is 9.59 Å². The molecule has 31 heavy (non-hydrogen) atoms. The fourth-order valence-corrected chi connectivity index (χ4v) is 2.73. The van der Waals surface area contributed by atoms with Crippen molar-refractivity contribution in [2.45, 2.75) is 6.18 Å². The van der Waals surface area contributed by atoms with Crippen molar-refractivity contribution >= 4 is 17.8 Å². The maximum absolute atomic E-state index is 12.2. The molecule has 0 radical (unpaired) electrons. The zero-order chi connectivity index (χ0) is 22.9. The molecule has 1 heterocycles. The van der Waals surface area contributed by atoms with Crippen LogP contribution in [0.25, 0.3) is 11.1 Å². The number of carboxylic acid groups (broad SMARTS) is 1. The summed E-state index contributed by atoms with van der Waals surface area (Å²) in [7, 11) is 0. The third-order valence-corrected chi connectivity index (χ3v) is 4.37. The van der Waals surface area contributed by atoms with Crippen molar-refractivity contribution in [3.8, 4) is 11.1 Å². The Hall–Kier alpha value is -3.40. The van der Waals surface area contributed by atoms with Gasteiger partial charge < -0.3 is 20.6 Å². The smallest absolute Gasteiger partial charge is 0.475 e. The molecule has 3 rings (SSSR count). The lowest BCUT2D eigenvalue weighted by Gasteiger charge is -2.27. The zero-order valence-corrected chi connectivity index (χ0v) is 16.5. The van der Waals surface area contributed by atoms with Crippen LogP contribution < -0.4 is 10.6 Å². The van der Waals surface area contributed by atoms with Crippen LogP contribution in [0.5, 0.6) is 0 Å². The van der Waals surface area contributed by atoms with E-state index in [2.05, 4.69) is 10.6 Å². The summed E-state index contributed by atoms with van der Waals surface area (Å²) in [5.41, 5.74) is 2.73. The molecule has 3 N–H and O–H groups in total. The Morgan fingerprint density at radius 1 is 0.935 bits per heavy atom. The molecule has 0 unspecified atom stereocenters. The number of piperazine rings is 1. The normalized spacial score (nSPS) is 13.6. The van der Waals surface area contributed by atoms with Crippen molar-refractivity contribution in [1.82, 2.24) is 15.5 Å². The average molecular weight is 437 g/mol. The highest BCUT2D eigenvalue weighted by Gasteiger charge is 2.38. The molecular formula is C21H22F3N3O4. The van der Waals surface area contributed by atoms with Gasteiger partial charge in [0, 0.05) is 31.7 Å². The van der Waals surface area contributed by atoms with Gasteiger partial charge in [0.2, 0.25) is 5.91 Å². The van der Waals surface area contributed by atoms with Crippen molar-refractivity contribution in [2.75, 3.05) is 32.7 Å². The van der Waals surface area contributed by atoms with Crippen LogP contribution in [0.15, 0.2) is 54.6 Å². The number of carbonyl (C=O) groups excluding carboxylic acids is 2. The predicted molar refractivity (Wildman–Crippen MR) is 107 cm³/mol. The van der Waals surface area contributed by atoms with Gasteiger partial charge in [-0.1, -0.05) is 42.5 Å². The van der Waals surface area contributed by atoms with Gasteiger partial charge in [-0.25, -0.2) is 4.79 Å². The summed E-state index contributed by atoms with van der Waals surface area (Å²) in [6, 6.07) is 17.4. The minimum atomic E-state index is -5.08. The van der Waals surface area contributed by atoms with Gasteiger partial charge in [0.1, 0.15) is 0 Å². The first-order valence-electron chi connectivity index (χ1n) is 9.41. The number of nitrogens with zero attached hydrogens (tertiary/aromatic N) is 1. The van der Waals surface area contributed by atoms with Gasteiger partial charge in [-0.2, -0.15) is 13.2 Å². The lowest BCUT2D eigenvalue weighted by Crippen LogP contribution is -2.49. The molecule has 0 bridgehead atoms. The van der Waals surface area contributed by atoms with Crippen LogP contribution in [0.1, 0.15) is 10.4 Å². The summed E-state index contributed by atoms with van der Waals surface area (Å²) < 4.78 is 31.7. The van der Waals surface area contributed by atoms with Gasteiger partial charge in [-0.05, 0) is 23.3 Å². The lowest BCUT2D eigenvalue weighted by atomic mass is 10.0. The molecule has 7 nitrogen and oxygen atoms in total. The second-order valence-corrected chi connectivity index (χ2v) is 6.56.